The Morgan fingerprint density at radius 3 is 3.04 bits per heavy atom. The number of likely N-dealkylation sites (N-methyl/N-ethyl adjacent to an activating group) is 1. The highest BCUT2D eigenvalue weighted by molar-refractivity contribution is 6.30. The number of nitrogens with one attached hydrogen (secondary N) is 1. The van der Waals surface area contributed by atoms with Gasteiger partial charge in [-0.1, -0.05) is 23.7 Å². The molecule has 1 fully saturated rings. The molecule has 26 heavy (non-hydrogen) atoms. The Hall–Kier alpha value is -2.11. The lowest BCUT2D eigenvalue weighted by atomic mass is 10.1. The first-order valence-corrected chi connectivity index (χ1v) is 9.32. The maximum absolute atomic E-state index is 12.2. The number of amides is 1. The number of carbonyl (C=O) groups excluding carboxylic acids is 1. The van der Waals surface area contributed by atoms with Crippen molar-refractivity contribution >= 4 is 23.2 Å². The number of anilines is 1. The smallest absolute Gasteiger partial charge is 0.234 e. The second kappa shape index (κ2) is 9.01. The molecule has 0 bridgehead atoms. The number of nitrogens with zero attached hydrogens (tertiary/aromatic N) is 3. The number of hydrogen-bond acceptors (Lipinski definition) is 4. The van der Waals surface area contributed by atoms with Crippen LogP contribution in [0.3, 0.4) is 0 Å². The van der Waals surface area contributed by atoms with Gasteiger partial charge in [-0.3, -0.25) is 14.7 Å². The van der Waals surface area contributed by atoms with Gasteiger partial charge in [0.2, 0.25) is 5.91 Å². The van der Waals surface area contributed by atoms with Crippen LogP contribution in [-0.2, 0) is 11.3 Å². The summed E-state index contributed by atoms with van der Waals surface area (Å²) >= 11 is 6.08. The summed E-state index contributed by atoms with van der Waals surface area (Å²) in [6.07, 6.45) is 4.67. The molecule has 1 aliphatic rings. The minimum Gasteiger partial charge on any atom is -0.371 e. The average Bonchev–Trinajstić information content (AvgIpc) is 3.10. The summed E-state index contributed by atoms with van der Waals surface area (Å²) in [4.78, 5) is 20.6. The fourth-order valence-electron chi connectivity index (χ4n) is 3.33. The first-order chi connectivity index (χ1) is 12.6. The van der Waals surface area contributed by atoms with Crippen molar-refractivity contribution < 1.29 is 4.79 Å². The number of benzene rings is 1. The molecule has 6 heteroatoms. The quantitative estimate of drug-likeness (QED) is 0.812. The standard InChI is InChI=1S/C20H25ClN4O/c1-24(13-16-4-3-8-22-11-16)15-20(26)23-12-17-7-9-25(14-17)19-6-2-5-18(21)10-19/h2-6,8,10-11,17H,7,9,12-15H2,1H3,(H,23,26)/t17-/m1/s1. The zero-order valence-electron chi connectivity index (χ0n) is 15.1. The van der Waals surface area contributed by atoms with Gasteiger partial charge in [-0.25, -0.2) is 0 Å². The van der Waals surface area contributed by atoms with Gasteiger partial charge in [0.05, 0.1) is 6.54 Å². The molecule has 0 radical (unpaired) electrons. The second-order valence-electron chi connectivity index (χ2n) is 6.92. The monoisotopic (exact) mass is 372 g/mol. The normalized spacial score (nSPS) is 16.9. The summed E-state index contributed by atoms with van der Waals surface area (Å²) in [5.41, 5.74) is 2.26. The van der Waals surface area contributed by atoms with Crippen molar-refractivity contribution in [2.24, 2.45) is 5.92 Å². The van der Waals surface area contributed by atoms with Crippen LogP contribution in [0.25, 0.3) is 0 Å². The Kier molecular flexibility index (Phi) is 6.47. The van der Waals surface area contributed by atoms with Crippen molar-refractivity contribution in [3.63, 3.8) is 0 Å². The van der Waals surface area contributed by atoms with E-state index in [4.69, 9.17) is 11.6 Å². The molecule has 1 aromatic carbocycles. The number of rotatable bonds is 7. The molecule has 1 atom stereocenters. The van der Waals surface area contributed by atoms with Crippen molar-refractivity contribution in [1.29, 1.82) is 0 Å². The molecule has 138 valence electrons. The van der Waals surface area contributed by atoms with Crippen LogP contribution >= 0.6 is 11.6 Å². The first-order valence-electron chi connectivity index (χ1n) is 8.95. The van der Waals surface area contributed by atoms with Gasteiger partial charge in [0.15, 0.2) is 0 Å². The first kappa shape index (κ1) is 18.7. The zero-order valence-corrected chi connectivity index (χ0v) is 15.8. The van der Waals surface area contributed by atoms with Gasteiger partial charge in [-0.15, -0.1) is 0 Å². The van der Waals surface area contributed by atoms with E-state index in [1.807, 2.05) is 48.5 Å². The van der Waals surface area contributed by atoms with Crippen molar-refractivity contribution in [3.8, 4) is 0 Å². The number of halogens is 1. The van der Waals surface area contributed by atoms with Crippen molar-refractivity contribution in [3.05, 3.63) is 59.4 Å². The third-order valence-corrected chi connectivity index (χ3v) is 4.87. The number of carbonyl (C=O) groups is 1. The van der Waals surface area contributed by atoms with Crippen LogP contribution in [0.1, 0.15) is 12.0 Å². The van der Waals surface area contributed by atoms with Gasteiger partial charge in [0, 0.05) is 49.3 Å². The SMILES string of the molecule is CN(CC(=O)NC[C@H]1CCN(c2cccc(Cl)c2)C1)Cc1cccnc1. The number of pyridine rings is 1. The minimum absolute atomic E-state index is 0.0672. The van der Waals surface area contributed by atoms with Gasteiger partial charge in [0.1, 0.15) is 0 Å². The van der Waals surface area contributed by atoms with Gasteiger partial charge in [-0.2, -0.15) is 0 Å². The molecular formula is C20H25ClN4O. The topological polar surface area (TPSA) is 48.5 Å². The van der Waals surface area contributed by atoms with E-state index in [1.165, 1.54) is 0 Å². The van der Waals surface area contributed by atoms with Gasteiger partial charge < -0.3 is 10.2 Å². The summed E-state index contributed by atoms with van der Waals surface area (Å²) in [5.74, 6) is 0.541. The molecule has 1 aliphatic heterocycles. The largest absolute Gasteiger partial charge is 0.371 e. The summed E-state index contributed by atoms with van der Waals surface area (Å²) in [6, 6.07) is 11.9. The molecule has 2 aromatic rings. The summed E-state index contributed by atoms with van der Waals surface area (Å²) in [6.45, 7) is 3.78. The van der Waals surface area contributed by atoms with E-state index in [-0.39, 0.29) is 5.91 Å². The van der Waals surface area contributed by atoms with Crippen LogP contribution in [0.5, 0.6) is 0 Å². The molecule has 1 aromatic heterocycles. The average molecular weight is 373 g/mol. The van der Waals surface area contributed by atoms with E-state index in [2.05, 4.69) is 21.3 Å². The summed E-state index contributed by atoms with van der Waals surface area (Å²) < 4.78 is 0. The van der Waals surface area contributed by atoms with E-state index in [9.17, 15) is 4.79 Å². The Labute approximate surface area is 160 Å². The lowest BCUT2D eigenvalue weighted by Crippen LogP contribution is -2.37. The highest BCUT2D eigenvalue weighted by Crippen LogP contribution is 2.25. The van der Waals surface area contributed by atoms with E-state index < -0.39 is 0 Å². The number of hydrogen-bond donors (Lipinski definition) is 1. The molecule has 2 heterocycles. The van der Waals surface area contributed by atoms with Crippen molar-refractivity contribution in [2.45, 2.75) is 13.0 Å². The molecule has 0 aliphatic carbocycles. The number of aromatic nitrogens is 1. The Morgan fingerprint density at radius 1 is 1.38 bits per heavy atom. The third kappa shape index (κ3) is 5.44. The highest BCUT2D eigenvalue weighted by Gasteiger charge is 2.23. The van der Waals surface area contributed by atoms with Gasteiger partial charge in [-0.05, 0) is 49.2 Å². The van der Waals surface area contributed by atoms with Crippen LogP contribution in [0.2, 0.25) is 5.02 Å². The Balaban J connectivity index is 1.39. The molecule has 1 saturated heterocycles. The molecular weight excluding hydrogens is 348 g/mol. The lowest BCUT2D eigenvalue weighted by Gasteiger charge is -2.20. The van der Waals surface area contributed by atoms with E-state index >= 15 is 0 Å². The van der Waals surface area contributed by atoms with Crippen molar-refractivity contribution in [1.82, 2.24) is 15.2 Å². The predicted octanol–water partition coefficient (Wildman–Crippen LogP) is 2.81. The lowest BCUT2D eigenvalue weighted by molar-refractivity contribution is -0.122. The van der Waals surface area contributed by atoms with Crippen LogP contribution in [0, 0.1) is 5.92 Å². The molecule has 1 N–H and O–H groups in total. The molecule has 3 rings (SSSR count). The zero-order chi connectivity index (χ0) is 18.4. The van der Waals surface area contributed by atoms with Crippen LogP contribution in [-0.4, -0.2) is 49.0 Å². The summed E-state index contributed by atoms with van der Waals surface area (Å²) in [7, 11) is 1.95. The summed E-state index contributed by atoms with van der Waals surface area (Å²) in [5, 5.41) is 3.84. The van der Waals surface area contributed by atoms with E-state index in [1.54, 1.807) is 6.20 Å². The third-order valence-electron chi connectivity index (χ3n) is 4.64. The Morgan fingerprint density at radius 2 is 2.27 bits per heavy atom. The predicted molar refractivity (Wildman–Crippen MR) is 105 cm³/mol. The van der Waals surface area contributed by atoms with E-state index in [0.29, 0.717) is 19.0 Å². The van der Waals surface area contributed by atoms with E-state index in [0.717, 1.165) is 42.3 Å². The molecule has 5 nitrogen and oxygen atoms in total. The van der Waals surface area contributed by atoms with Crippen LogP contribution in [0.15, 0.2) is 48.8 Å². The highest BCUT2D eigenvalue weighted by atomic mass is 35.5. The van der Waals surface area contributed by atoms with Crippen LogP contribution in [0.4, 0.5) is 5.69 Å². The second-order valence-corrected chi connectivity index (χ2v) is 7.35. The van der Waals surface area contributed by atoms with Gasteiger partial charge >= 0.3 is 0 Å². The van der Waals surface area contributed by atoms with Crippen LogP contribution < -0.4 is 10.2 Å². The molecule has 1 amide bonds. The van der Waals surface area contributed by atoms with Gasteiger partial charge in [0.25, 0.3) is 0 Å². The van der Waals surface area contributed by atoms with Crippen molar-refractivity contribution in [2.75, 3.05) is 38.1 Å². The Bertz CT molecular complexity index is 725. The fourth-order valence-corrected chi connectivity index (χ4v) is 3.51. The maximum atomic E-state index is 12.2. The minimum atomic E-state index is 0.0672. The molecule has 0 unspecified atom stereocenters. The molecule has 0 saturated carbocycles. The fraction of sp³-hybridized carbons (Fsp3) is 0.400. The molecule has 0 spiro atoms. The maximum Gasteiger partial charge on any atom is 0.234 e.